The normalized spacial score (nSPS) is 17.4. The molecule has 0 bridgehead atoms. The number of aromatic nitrogens is 3. The minimum atomic E-state index is 0.823. The number of piperazine rings is 1. The zero-order valence-corrected chi connectivity index (χ0v) is 13.6. The van der Waals surface area contributed by atoms with Gasteiger partial charge in [0.15, 0.2) is 0 Å². The summed E-state index contributed by atoms with van der Waals surface area (Å²) in [5, 5.41) is 11.8. The van der Waals surface area contributed by atoms with Crippen LogP contribution in [0.4, 0.5) is 0 Å². The van der Waals surface area contributed by atoms with E-state index < -0.39 is 0 Å². The van der Waals surface area contributed by atoms with E-state index in [0.29, 0.717) is 0 Å². The van der Waals surface area contributed by atoms with E-state index in [-0.39, 0.29) is 0 Å². The molecule has 2 rings (SSSR count). The summed E-state index contributed by atoms with van der Waals surface area (Å²) in [4.78, 5) is 5.09. The summed E-state index contributed by atoms with van der Waals surface area (Å²) in [5.41, 5.74) is 1.04. The second-order valence-electron chi connectivity index (χ2n) is 5.83. The van der Waals surface area contributed by atoms with Crippen LogP contribution in [0.25, 0.3) is 0 Å². The molecular weight excluding hydrogens is 264 g/mol. The van der Waals surface area contributed by atoms with Gasteiger partial charge < -0.3 is 10.2 Å². The molecule has 0 aromatic carbocycles. The largest absolute Gasteiger partial charge is 0.311 e. The third-order valence-corrected chi connectivity index (χ3v) is 3.97. The minimum Gasteiger partial charge on any atom is -0.311 e. The Morgan fingerprint density at radius 1 is 1.00 bits per heavy atom. The molecule has 21 heavy (non-hydrogen) atoms. The molecule has 0 spiro atoms. The lowest BCUT2D eigenvalue weighted by atomic mass is 10.3. The van der Waals surface area contributed by atoms with E-state index in [0.717, 1.165) is 38.3 Å². The molecular formula is C15H30N6. The molecule has 120 valence electrons. The van der Waals surface area contributed by atoms with E-state index in [1.165, 1.54) is 39.1 Å². The lowest BCUT2D eigenvalue weighted by Gasteiger charge is -2.34. The van der Waals surface area contributed by atoms with Gasteiger partial charge >= 0.3 is 0 Å². The molecule has 1 fully saturated rings. The van der Waals surface area contributed by atoms with Crippen molar-refractivity contribution in [2.75, 3.05) is 45.8 Å². The van der Waals surface area contributed by atoms with Gasteiger partial charge in [-0.25, -0.2) is 0 Å². The van der Waals surface area contributed by atoms with Gasteiger partial charge in [-0.1, -0.05) is 19.1 Å². The van der Waals surface area contributed by atoms with Gasteiger partial charge in [0, 0.05) is 45.5 Å². The molecule has 6 nitrogen and oxygen atoms in total. The van der Waals surface area contributed by atoms with Crippen LogP contribution in [0.3, 0.4) is 0 Å². The smallest absolute Gasteiger partial charge is 0.0964 e. The van der Waals surface area contributed by atoms with Crippen molar-refractivity contribution < 1.29 is 0 Å². The van der Waals surface area contributed by atoms with Gasteiger partial charge in [0.25, 0.3) is 0 Å². The van der Waals surface area contributed by atoms with Gasteiger partial charge in [-0.2, -0.15) is 0 Å². The van der Waals surface area contributed by atoms with E-state index >= 15 is 0 Å². The summed E-state index contributed by atoms with van der Waals surface area (Å²) in [5.74, 6) is 0. The molecule has 6 heteroatoms. The first-order chi connectivity index (χ1) is 10.3. The predicted octanol–water partition coefficient (Wildman–Crippen LogP) is 0.805. The van der Waals surface area contributed by atoms with Gasteiger partial charge in [-0.3, -0.25) is 9.58 Å². The Bertz CT molecular complexity index is 383. The standard InChI is InChI=1S/C15H30N6/c1-3-5-16-13-15-14-21(18-17-15)12-11-20-9-7-19(6-4-2)8-10-20/h14,16H,3-13H2,1-2H3. The quantitative estimate of drug-likeness (QED) is 0.683. The summed E-state index contributed by atoms with van der Waals surface area (Å²) in [6.07, 6.45) is 4.47. The maximum absolute atomic E-state index is 4.21. The highest BCUT2D eigenvalue weighted by molar-refractivity contribution is 4.91. The number of nitrogens with zero attached hydrogens (tertiary/aromatic N) is 5. The van der Waals surface area contributed by atoms with E-state index in [1.807, 2.05) is 4.68 Å². The van der Waals surface area contributed by atoms with Crippen LogP contribution in [0.2, 0.25) is 0 Å². The van der Waals surface area contributed by atoms with Gasteiger partial charge in [0.05, 0.1) is 12.2 Å². The molecule has 1 saturated heterocycles. The fourth-order valence-electron chi connectivity index (χ4n) is 2.72. The second-order valence-corrected chi connectivity index (χ2v) is 5.83. The number of rotatable bonds is 9. The maximum atomic E-state index is 4.21. The molecule has 0 aliphatic carbocycles. The Morgan fingerprint density at radius 2 is 1.71 bits per heavy atom. The lowest BCUT2D eigenvalue weighted by molar-refractivity contribution is 0.128. The Balaban J connectivity index is 1.64. The average Bonchev–Trinajstić information content (AvgIpc) is 2.95. The highest BCUT2D eigenvalue weighted by Gasteiger charge is 2.15. The van der Waals surface area contributed by atoms with Crippen LogP contribution >= 0.6 is 0 Å². The van der Waals surface area contributed by atoms with E-state index in [4.69, 9.17) is 0 Å². The Morgan fingerprint density at radius 3 is 2.38 bits per heavy atom. The molecule has 0 radical (unpaired) electrons. The summed E-state index contributed by atoms with van der Waals surface area (Å²) >= 11 is 0. The third kappa shape index (κ3) is 5.73. The number of nitrogens with one attached hydrogen (secondary N) is 1. The van der Waals surface area contributed by atoms with Crippen LogP contribution in [0.5, 0.6) is 0 Å². The summed E-state index contributed by atoms with van der Waals surface area (Å²) in [6, 6.07) is 0. The molecule has 1 aromatic rings. The number of hydrogen-bond acceptors (Lipinski definition) is 5. The van der Waals surface area contributed by atoms with Crippen LogP contribution < -0.4 is 5.32 Å². The Hall–Kier alpha value is -0.980. The molecule has 2 heterocycles. The average molecular weight is 294 g/mol. The maximum Gasteiger partial charge on any atom is 0.0964 e. The summed E-state index contributed by atoms with van der Waals surface area (Å²) < 4.78 is 1.97. The van der Waals surface area contributed by atoms with Crippen molar-refractivity contribution in [2.45, 2.75) is 39.8 Å². The van der Waals surface area contributed by atoms with Crippen LogP contribution in [0.15, 0.2) is 6.20 Å². The van der Waals surface area contributed by atoms with Gasteiger partial charge in [0.1, 0.15) is 0 Å². The van der Waals surface area contributed by atoms with Crippen LogP contribution in [0.1, 0.15) is 32.4 Å². The SMILES string of the molecule is CCCNCc1cn(CCN2CCN(CCC)CC2)nn1. The first kappa shape index (κ1) is 16.4. The predicted molar refractivity (Wildman–Crippen MR) is 85.2 cm³/mol. The molecule has 1 aromatic heterocycles. The third-order valence-electron chi connectivity index (χ3n) is 3.97. The molecule has 1 N–H and O–H groups in total. The van der Waals surface area contributed by atoms with Crippen LogP contribution in [-0.4, -0.2) is 70.6 Å². The second kappa shape index (κ2) is 9.12. The molecule has 0 amide bonds. The van der Waals surface area contributed by atoms with E-state index in [1.54, 1.807) is 0 Å². The van der Waals surface area contributed by atoms with E-state index in [9.17, 15) is 0 Å². The molecule has 0 saturated carbocycles. The van der Waals surface area contributed by atoms with Crippen LogP contribution in [0, 0.1) is 0 Å². The lowest BCUT2D eigenvalue weighted by Crippen LogP contribution is -2.47. The molecule has 0 atom stereocenters. The fourth-order valence-corrected chi connectivity index (χ4v) is 2.72. The number of hydrogen-bond donors (Lipinski definition) is 1. The monoisotopic (exact) mass is 294 g/mol. The van der Waals surface area contributed by atoms with Crippen molar-refractivity contribution in [2.24, 2.45) is 0 Å². The minimum absolute atomic E-state index is 0.823. The summed E-state index contributed by atoms with van der Waals surface area (Å²) in [6.45, 7) is 14.3. The van der Waals surface area contributed by atoms with Crippen LogP contribution in [-0.2, 0) is 13.1 Å². The highest BCUT2D eigenvalue weighted by Crippen LogP contribution is 2.03. The van der Waals surface area contributed by atoms with Crippen molar-refractivity contribution in [3.63, 3.8) is 0 Å². The van der Waals surface area contributed by atoms with Crippen molar-refractivity contribution in [1.82, 2.24) is 30.1 Å². The molecule has 1 aliphatic rings. The summed E-state index contributed by atoms with van der Waals surface area (Å²) in [7, 11) is 0. The highest BCUT2D eigenvalue weighted by atomic mass is 15.4. The topological polar surface area (TPSA) is 49.2 Å². The first-order valence-electron chi connectivity index (χ1n) is 8.36. The van der Waals surface area contributed by atoms with Crippen molar-refractivity contribution in [3.05, 3.63) is 11.9 Å². The molecule has 1 aliphatic heterocycles. The van der Waals surface area contributed by atoms with Gasteiger partial charge in [-0.05, 0) is 25.9 Å². The zero-order chi connectivity index (χ0) is 14.9. The fraction of sp³-hybridized carbons (Fsp3) is 0.867. The zero-order valence-electron chi connectivity index (χ0n) is 13.6. The van der Waals surface area contributed by atoms with E-state index in [2.05, 4.69) is 45.5 Å². The van der Waals surface area contributed by atoms with Gasteiger partial charge in [0.2, 0.25) is 0 Å². The van der Waals surface area contributed by atoms with Gasteiger partial charge in [-0.15, -0.1) is 5.10 Å². The van der Waals surface area contributed by atoms with Crippen molar-refractivity contribution in [3.8, 4) is 0 Å². The Labute approximate surface area is 128 Å². The molecule has 0 unspecified atom stereocenters. The Kier molecular flexibility index (Phi) is 7.12. The van der Waals surface area contributed by atoms with Crippen molar-refractivity contribution in [1.29, 1.82) is 0 Å². The van der Waals surface area contributed by atoms with Crippen molar-refractivity contribution >= 4 is 0 Å². The first-order valence-corrected chi connectivity index (χ1v) is 8.36.